The molecule has 1 aliphatic rings. The maximum absolute atomic E-state index is 12.7. The van der Waals surface area contributed by atoms with E-state index in [1.165, 1.54) is 0 Å². The third-order valence-electron chi connectivity index (χ3n) is 5.15. The van der Waals surface area contributed by atoms with Crippen molar-refractivity contribution in [3.8, 4) is 0 Å². The number of hydrogen-bond acceptors (Lipinski definition) is 4. The van der Waals surface area contributed by atoms with Gasteiger partial charge in [-0.1, -0.05) is 44.2 Å². The van der Waals surface area contributed by atoms with Gasteiger partial charge in [0.2, 0.25) is 5.91 Å². The molecular formula is C21H33N3O3. The summed E-state index contributed by atoms with van der Waals surface area (Å²) in [6.07, 6.45) is 1.20. The number of amides is 2. The Morgan fingerprint density at radius 2 is 1.74 bits per heavy atom. The normalized spacial score (nSPS) is 16.5. The van der Waals surface area contributed by atoms with Gasteiger partial charge in [-0.05, 0) is 38.2 Å². The average Bonchev–Trinajstić information content (AvgIpc) is 2.66. The van der Waals surface area contributed by atoms with E-state index in [9.17, 15) is 9.59 Å². The second-order valence-corrected chi connectivity index (χ2v) is 7.87. The van der Waals surface area contributed by atoms with Gasteiger partial charge in [0, 0.05) is 25.2 Å². The maximum atomic E-state index is 12.7. The highest BCUT2D eigenvalue weighted by atomic mass is 16.6. The molecule has 1 fully saturated rings. The van der Waals surface area contributed by atoms with Crippen molar-refractivity contribution in [1.29, 1.82) is 0 Å². The first-order chi connectivity index (χ1) is 12.8. The van der Waals surface area contributed by atoms with E-state index in [4.69, 9.17) is 10.5 Å². The molecule has 2 rings (SSSR count). The first-order valence-corrected chi connectivity index (χ1v) is 9.84. The molecule has 0 aliphatic carbocycles. The van der Waals surface area contributed by atoms with Gasteiger partial charge in [-0.25, -0.2) is 4.79 Å². The van der Waals surface area contributed by atoms with Crippen LogP contribution in [0.25, 0.3) is 0 Å². The first-order valence-electron chi connectivity index (χ1n) is 9.84. The zero-order chi connectivity index (χ0) is 20.0. The van der Waals surface area contributed by atoms with Crippen molar-refractivity contribution in [2.75, 3.05) is 13.1 Å². The monoisotopic (exact) mass is 375 g/mol. The maximum Gasteiger partial charge on any atom is 0.410 e. The molecule has 1 aromatic rings. The number of benzene rings is 1. The number of piperidine rings is 1. The van der Waals surface area contributed by atoms with Crippen molar-refractivity contribution in [3.05, 3.63) is 35.9 Å². The smallest absolute Gasteiger partial charge is 0.410 e. The van der Waals surface area contributed by atoms with Crippen molar-refractivity contribution in [2.24, 2.45) is 11.7 Å². The van der Waals surface area contributed by atoms with Gasteiger partial charge in [0.25, 0.3) is 0 Å². The number of likely N-dealkylation sites (tertiary alicyclic amines) is 1. The Balaban J connectivity index is 1.92. The Morgan fingerprint density at radius 3 is 2.26 bits per heavy atom. The van der Waals surface area contributed by atoms with Gasteiger partial charge in [-0.15, -0.1) is 0 Å². The number of rotatable bonds is 6. The molecule has 6 heteroatoms. The molecule has 6 nitrogen and oxygen atoms in total. The van der Waals surface area contributed by atoms with Crippen LogP contribution in [0.3, 0.4) is 0 Å². The fourth-order valence-corrected chi connectivity index (χ4v) is 3.44. The molecule has 27 heavy (non-hydrogen) atoms. The minimum Gasteiger partial charge on any atom is -0.445 e. The van der Waals surface area contributed by atoms with Crippen LogP contribution in [0, 0.1) is 5.92 Å². The summed E-state index contributed by atoms with van der Waals surface area (Å²) < 4.78 is 5.54. The molecule has 0 aromatic heterocycles. The van der Waals surface area contributed by atoms with Gasteiger partial charge in [0.1, 0.15) is 6.61 Å². The lowest BCUT2D eigenvalue weighted by Crippen LogP contribution is -2.54. The molecule has 1 saturated heterocycles. The number of nitrogens with zero attached hydrogens (tertiary/aromatic N) is 2. The summed E-state index contributed by atoms with van der Waals surface area (Å²) in [4.78, 5) is 28.8. The number of ether oxygens (including phenoxy) is 1. The number of hydrogen-bond donors (Lipinski definition) is 1. The lowest BCUT2D eigenvalue weighted by atomic mass is 9.99. The lowest BCUT2D eigenvalue weighted by Gasteiger charge is -2.40. The van der Waals surface area contributed by atoms with Crippen LogP contribution < -0.4 is 5.73 Å². The molecule has 1 heterocycles. The molecule has 1 aliphatic heterocycles. The van der Waals surface area contributed by atoms with Crippen LogP contribution >= 0.6 is 0 Å². The predicted octanol–water partition coefficient (Wildman–Crippen LogP) is 3.01. The van der Waals surface area contributed by atoms with Crippen LogP contribution in [0.2, 0.25) is 0 Å². The van der Waals surface area contributed by atoms with Gasteiger partial charge < -0.3 is 20.3 Å². The van der Waals surface area contributed by atoms with Crippen LogP contribution in [0.5, 0.6) is 0 Å². The van der Waals surface area contributed by atoms with E-state index in [0.29, 0.717) is 13.1 Å². The lowest BCUT2D eigenvalue weighted by molar-refractivity contribution is -0.135. The molecule has 1 aromatic carbocycles. The van der Waals surface area contributed by atoms with Crippen LogP contribution in [-0.4, -0.2) is 53.0 Å². The predicted molar refractivity (Wildman–Crippen MR) is 106 cm³/mol. The molecule has 2 N–H and O–H groups in total. The van der Waals surface area contributed by atoms with E-state index in [1.54, 1.807) is 0 Å². The van der Waals surface area contributed by atoms with Gasteiger partial charge in [-0.3, -0.25) is 4.79 Å². The molecule has 0 saturated carbocycles. The summed E-state index contributed by atoms with van der Waals surface area (Å²) in [5, 5.41) is 0. The van der Waals surface area contributed by atoms with Gasteiger partial charge in [0.05, 0.1) is 6.04 Å². The molecule has 150 valence electrons. The van der Waals surface area contributed by atoms with Gasteiger partial charge in [-0.2, -0.15) is 0 Å². The van der Waals surface area contributed by atoms with Crippen molar-refractivity contribution in [3.63, 3.8) is 0 Å². The Bertz CT molecular complexity index is 610. The minimum atomic E-state index is -0.460. The molecule has 0 bridgehead atoms. The van der Waals surface area contributed by atoms with Gasteiger partial charge in [0.15, 0.2) is 0 Å². The van der Waals surface area contributed by atoms with Crippen LogP contribution in [-0.2, 0) is 16.1 Å². The summed E-state index contributed by atoms with van der Waals surface area (Å²) >= 11 is 0. The third kappa shape index (κ3) is 5.70. The van der Waals surface area contributed by atoms with E-state index in [-0.39, 0.29) is 36.6 Å². The second-order valence-electron chi connectivity index (χ2n) is 7.87. The zero-order valence-electron chi connectivity index (χ0n) is 16.9. The second kappa shape index (κ2) is 9.74. The highest BCUT2D eigenvalue weighted by molar-refractivity contribution is 5.82. The van der Waals surface area contributed by atoms with Crippen LogP contribution in [0.15, 0.2) is 30.3 Å². The molecule has 1 unspecified atom stereocenters. The summed E-state index contributed by atoms with van der Waals surface area (Å²) in [6.45, 7) is 9.42. The van der Waals surface area contributed by atoms with Crippen molar-refractivity contribution in [1.82, 2.24) is 9.80 Å². The van der Waals surface area contributed by atoms with Crippen molar-refractivity contribution in [2.45, 2.75) is 65.3 Å². The summed E-state index contributed by atoms with van der Waals surface area (Å²) in [6, 6.07) is 9.33. The standard InChI is InChI=1S/C21H33N3O3/c1-15(2)19(22)20(25)23-12-10-18(11-13-23)24(16(3)4)21(26)27-14-17-8-6-5-7-9-17/h5-9,15-16,18-19H,10-14,22H2,1-4H3. The Kier molecular flexibility index (Phi) is 7.66. The number of carbonyl (C=O) groups excluding carboxylic acids is 2. The SMILES string of the molecule is CC(C)C(N)C(=O)N1CCC(N(C(=O)OCc2ccccc2)C(C)C)CC1. The van der Waals surface area contributed by atoms with E-state index in [1.807, 2.05) is 67.8 Å². The van der Waals surface area contributed by atoms with E-state index < -0.39 is 6.04 Å². The van der Waals surface area contributed by atoms with Crippen LogP contribution in [0.1, 0.15) is 46.1 Å². The average molecular weight is 376 g/mol. The van der Waals surface area contributed by atoms with Gasteiger partial charge >= 0.3 is 6.09 Å². The van der Waals surface area contributed by atoms with E-state index in [0.717, 1.165) is 18.4 Å². The quantitative estimate of drug-likeness (QED) is 0.829. The summed E-state index contributed by atoms with van der Waals surface area (Å²) in [7, 11) is 0. The highest BCUT2D eigenvalue weighted by Crippen LogP contribution is 2.21. The molecular weight excluding hydrogens is 342 g/mol. The zero-order valence-corrected chi connectivity index (χ0v) is 16.9. The minimum absolute atomic E-state index is 0.00574. The largest absolute Gasteiger partial charge is 0.445 e. The Labute approximate surface area is 162 Å². The summed E-state index contributed by atoms with van der Waals surface area (Å²) in [5.41, 5.74) is 6.97. The molecule has 0 radical (unpaired) electrons. The summed E-state index contributed by atoms with van der Waals surface area (Å²) in [5.74, 6) is 0.126. The molecule has 2 amide bonds. The van der Waals surface area contributed by atoms with E-state index >= 15 is 0 Å². The number of nitrogens with two attached hydrogens (primary N) is 1. The highest BCUT2D eigenvalue weighted by Gasteiger charge is 2.33. The Morgan fingerprint density at radius 1 is 1.15 bits per heavy atom. The van der Waals surface area contributed by atoms with Crippen LogP contribution in [0.4, 0.5) is 4.79 Å². The van der Waals surface area contributed by atoms with Crippen molar-refractivity contribution < 1.29 is 14.3 Å². The Hall–Kier alpha value is -2.08. The topological polar surface area (TPSA) is 75.9 Å². The number of carbonyl (C=O) groups is 2. The molecule has 0 spiro atoms. The molecule has 1 atom stereocenters. The fraction of sp³-hybridized carbons (Fsp3) is 0.619. The first kappa shape index (κ1) is 21.2. The van der Waals surface area contributed by atoms with Crippen molar-refractivity contribution >= 4 is 12.0 Å². The van der Waals surface area contributed by atoms with E-state index in [2.05, 4.69) is 0 Å². The fourth-order valence-electron chi connectivity index (χ4n) is 3.44. The third-order valence-corrected chi connectivity index (χ3v) is 5.15.